The first-order valence-corrected chi connectivity index (χ1v) is 7.99. The Kier molecular flexibility index (Phi) is 6.99. The van der Waals surface area contributed by atoms with Crippen LogP contribution in [0.25, 0.3) is 0 Å². The fraction of sp³-hybridized carbons (Fsp3) is 0.167. The molecule has 0 radical (unpaired) electrons. The summed E-state index contributed by atoms with van der Waals surface area (Å²) in [6.07, 6.45) is 1.05. The van der Waals surface area contributed by atoms with Gasteiger partial charge in [0.1, 0.15) is 17.9 Å². The van der Waals surface area contributed by atoms with E-state index in [4.69, 9.17) is 21.1 Å². The highest BCUT2D eigenvalue weighted by Gasteiger charge is 2.09. The number of nitrogens with zero attached hydrogens (tertiary/aromatic N) is 1. The summed E-state index contributed by atoms with van der Waals surface area (Å²) in [5, 5.41) is 6.99. The van der Waals surface area contributed by atoms with E-state index in [1.807, 2.05) is 0 Å². The molecule has 0 aliphatic carbocycles. The Bertz CT molecular complexity index is 807. The number of anilines is 1. The number of ether oxygens (including phenoxy) is 2. The van der Waals surface area contributed by atoms with Crippen molar-refractivity contribution >= 4 is 35.3 Å². The average molecular weight is 376 g/mol. The van der Waals surface area contributed by atoms with Crippen LogP contribution in [0.4, 0.5) is 5.69 Å². The van der Waals surface area contributed by atoms with Gasteiger partial charge >= 0.3 is 0 Å². The molecule has 7 nitrogen and oxygen atoms in total. The monoisotopic (exact) mass is 375 g/mol. The van der Waals surface area contributed by atoms with Crippen LogP contribution in [0.3, 0.4) is 0 Å². The minimum absolute atomic E-state index is 0.366. The second kappa shape index (κ2) is 9.43. The van der Waals surface area contributed by atoms with Gasteiger partial charge < -0.3 is 14.8 Å². The summed E-state index contributed by atoms with van der Waals surface area (Å²) < 4.78 is 10.3. The molecule has 0 aliphatic rings. The number of hydrazone groups is 1. The number of carbonyl (C=O) groups is 2. The quantitative estimate of drug-likeness (QED) is 0.442. The van der Waals surface area contributed by atoms with Gasteiger partial charge in [-0.05, 0) is 42.5 Å². The molecule has 8 heteroatoms. The zero-order valence-electron chi connectivity index (χ0n) is 14.3. The van der Waals surface area contributed by atoms with Crippen LogP contribution >= 0.6 is 11.6 Å². The van der Waals surface area contributed by atoms with Crippen LogP contribution in [0.2, 0.25) is 5.02 Å². The summed E-state index contributed by atoms with van der Waals surface area (Å²) in [5.74, 6) is 0.193. The summed E-state index contributed by atoms with van der Waals surface area (Å²) in [4.78, 5) is 23.6. The molecule has 2 aromatic rings. The van der Waals surface area contributed by atoms with Crippen LogP contribution in [0.1, 0.15) is 12.0 Å². The molecular weight excluding hydrogens is 358 g/mol. The molecule has 2 N–H and O–H groups in total. The van der Waals surface area contributed by atoms with E-state index in [1.54, 1.807) is 49.6 Å². The summed E-state index contributed by atoms with van der Waals surface area (Å²) in [7, 11) is 3.07. The van der Waals surface area contributed by atoms with Crippen molar-refractivity contribution < 1.29 is 19.1 Å². The maximum absolute atomic E-state index is 11.8. The SMILES string of the molecule is COc1ccc(OC)c(C=NNC(=O)CC(=O)Nc2ccc(Cl)cc2)c1. The molecule has 26 heavy (non-hydrogen) atoms. The third-order valence-corrected chi connectivity index (χ3v) is 3.53. The zero-order valence-corrected chi connectivity index (χ0v) is 15.0. The Morgan fingerprint density at radius 1 is 1.08 bits per heavy atom. The summed E-state index contributed by atoms with van der Waals surface area (Å²) in [6, 6.07) is 11.8. The molecule has 0 aliphatic heterocycles. The van der Waals surface area contributed by atoms with Crippen LogP contribution in [0.5, 0.6) is 11.5 Å². The van der Waals surface area contributed by atoms with Crippen LogP contribution in [-0.2, 0) is 9.59 Å². The standard InChI is InChI=1S/C18H18ClN3O4/c1-25-15-7-8-16(26-2)12(9-15)11-20-22-18(24)10-17(23)21-14-5-3-13(19)4-6-14/h3-9,11H,10H2,1-2H3,(H,21,23)(H,22,24). The van der Waals surface area contributed by atoms with Crippen molar-refractivity contribution in [1.29, 1.82) is 0 Å². The van der Waals surface area contributed by atoms with Crippen LogP contribution in [0.15, 0.2) is 47.6 Å². The molecule has 0 heterocycles. The summed E-state index contributed by atoms with van der Waals surface area (Å²) in [6.45, 7) is 0. The second-order valence-corrected chi connectivity index (χ2v) is 5.57. The topological polar surface area (TPSA) is 89.0 Å². The Balaban J connectivity index is 1.89. The van der Waals surface area contributed by atoms with Crippen LogP contribution < -0.4 is 20.2 Å². The average Bonchev–Trinajstić information content (AvgIpc) is 2.63. The Hall–Kier alpha value is -3.06. The largest absolute Gasteiger partial charge is 0.497 e. The van der Waals surface area contributed by atoms with Crippen LogP contribution in [-0.4, -0.2) is 32.2 Å². The van der Waals surface area contributed by atoms with Gasteiger partial charge in [0.05, 0.1) is 20.4 Å². The molecule has 2 aromatic carbocycles. The third kappa shape index (κ3) is 5.78. The number of hydrogen-bond donors (Lipinski definition) is 2. The Labute approximate surface area is 155 Å². The number of hydrogen-bond acceptors (Lipinski definition) is 5. The van der Waals surface area contributed by atoms with Crippen molar-refractivity contribution in [3.05, 3.63) is 53.1 Å². The molecule has 2 rings (SSSR count). The van der Waals surface area contributed by atoms with Gasteiger partial charge in [0.15, 0.2) is 0 Å². The highest BCUT2D eigenvalue weighted by atomic mass is 35.5. The number of benzene rings is 2. The maximum atomic E-state index is 11.8. The molecule has 0 unspecified atom stereocenters. The second-order valence-electron chi connectivity index (χ2n) is 5.13. The molecule has 2 amide bonds. The van der Waals surface area contributed by atoms with Gasteiger partial charge in [-0.15, -0.1) is 0 Å². The molecule has 0 saturated heterocycles. The Morgan fingerprint density at radius 3 is 2.46 bits per heavy atom. The first-order chi connectivity index (χ1) is 12.5. The van der Waals surface area contributed by atoms with E-state index in [0.29, 0.717) is 27.8 Å². The van der Waals surface area contributed by atoms with E-state index in [9.17, 15) is 9.59 Å². The van der Waals surface area contributed by atoms with Gasteiger partial charge in [-0.3, -0.25) is 9.59 Å². The number of amides is 2. The van der Waals surface area contributed by atoms with E-state index in [0.717, 1.165) is 0 Å². The van der Waals surface area contributed by atoms with Crippen LogP contribution in [0, 0.1) is 0 Å². The van der Waals surface area contributed by atoms with Gasteiger partial charge in [0, 0.05) is 16.3 Å². The van der Waals surface area contributed by atoms with Gasteiger partial charge in [-0.25, -0.2) is 5.43 Å². The highest BCUT2D eigenvalue weighted by molar-refractivity contribution is 6.30. The number of rotatable bonds is 7. The van der Waals surface area contributed by atoms with Crippen molar-refractivity contribution in [2.24, 2.45) is 5.10 Å². The van der Waals surface area contributed by atoms with Gasteiger partial charge in [-0.1, -0.05) is 11.6 Å². The number of methoxy groups -OCH3 is 2. The molecule has 0 aromatic heterocycles. The zero-order chi connectivity index (χ0) is 18.9. The molecule has 0 fully saturated rings. The van der Waals surface area contributed by atoms with Crippen molar-refractivity contribution in [2.45, 2.75) is 6.42 Å². The van der Waals surface area contributed by atoms with Gasteiger partial charge in [0.25, 0.3) is 0 Å². The third-order valence-electron chi connectivity index (χ3n) is 3.28. The van der Waals surface area contributed by atoms with Gasteiger partial charge in [0.2, 0.25) is 11.8 Å². The molecule has 0 spiro atoms. The minimum atomic E-state index is -0.547. The minimum Gasteiger partial charge on any atom is -0.497 e. The fourth-order valence-electron chi connectivity index (χ4n) is 2.04. The number of halogens is 1. The van der Waals surface area contributed by atoms with E-state index in [1.165, 1.54) is 13.3 Å². The smallest absolute Gasteiger partial charge is 0.249 e. The summed E-state index contributed by atoms with van der Waals surface area (Å²) in [5.41, 5.74) is 3.47. The lowest BCUT2D eigenvalue weighted by molar-refractivity contribution is -0.126. The fourth-order valence-corrected chi connectivity index (χ4v) is 2.16. The van der Waals surface area contributed by atoms with Crippen molar-refractivity contribution in [3.8, 4) is 11.5 Å². The van der Waals surface area contributed by atoms with E-state index in [-0.39, 0.29) is 6.42 Å². The normalized spacial score (nSPS) is 10.4. The molecular formula is C18H18ClN3O4. The van der Waals surface area contributed by atoms with Crippen molar-refractivity contribution in [1.82, 2.24) is 5.43 Å². The molecule has 0 bridgehead atoms. The van der Waals surface area contributed by atoms with Crippen molar-refractivity contribution in [2.75, 3.05) is 19.5 Å². The molecule has 0 saturated carbocycles. The lowest BCUT2D eigenvalue weighted by Gasteiger charge is -2.07. The highest BCUT2D eigenvalue weighted by Crippen LogP contribution is 2.22. The van der Waals surface area contributed by atoms with Crippen molar-refractivity contribution in [3.63, 3.8) is 0 Å². The predicted octanol–water partition coefficient (Wildman–Crippen LogP) is 2.84. The number of nitrogens with one attached hydrogen (secondary N) is 2. The number of carbonyl (C=O) groups excluding carboxylic acids is 2. The van der Waals surface area contributed by atoms with E-state index in [2.05, 4.69) is 15.8 Å². The Morgan fingerprint density at radius 2 is 1.81 bits per heavy atom. The first kappa shape index (κ1) is 19.3. The lowest BCUT2D eigenvalue weighted by Crippen LogP contribution is -2.24. The molecule has 136 valence electrons. The van der Waals surface area contributed by atoms with E-state index >= 15 is 0 Å². The molecule has 0 atom stereocenters. The lowest BCUT2D eigenvalue weighted by atomic mass is 10.2. The van der Waals surface area contributed by atoms with E-state index < -0.39 is 11.8 Å². The predicted molar refractivity (Wildman–Crippen MR) is 100.0 cm³/mol. The maximum Gasteiger partial charge on any atom is 0.249 e. The van der Waals surface area contributed by atoms with Gasteiger partial charge in [-0.2, -0.15) is 5.10 Å². The summed E-state index contributed by atoms with van der Waals surface area (Å²) >= 11 is 5.77. The first-order valence-electron chi connectivity index (χ1n) is 7.61.